The van der Waals surface area contributed by atoms with Gasteiger partial charge in [0.15, 0.2) is 0 Å². The molecule has 2 heterocycles. The average Bonchev–Trinajstić information content (AvgIpc) is 2.47. The summed E-state index contributed by atoms with van der Waals surface area (Å²) in [5.41, 5.74) is 1.91. The highest BCUT2D eigenvalue weighted by Crippen LogP contribution is 2.25. The summed E-state index contributed by atoms with van der Waals surface area (Å²) in [7, 11) is 0. The molecule has 94 valence electrons. The molecule has 0 radical (unpaired) electrons. The quantitative estimate of drug-likeness (QED) is 0.850. The van der Waals surface area contributed by atoms with Gasteiger partial charge in [0.2, 0.25) is 0 Å². The summed E-state index contributed by atoms with van der Waals surface area (Å²) in [6, 6.07) is 10.2. The van der Waals surface area contributed by atoms with Crippen LogP contribution in [-0.2, 0) is 0 Å². The van der Waals surface area contributed by atoms with Gasteiger partial charge in [0.1, 0.15) is 0 Å². The van der Waals surface area contributed by atoms with E-state index in [0.29, 0.717) is 0 Å². The zero-order valence-electron chi connectivity index (χ0n) is 10.3. The Bertz CT molecular complexity index is 535. The van der Waals surface area contributed by atoms with Gasteiger partial charge in [-0.15, -0.1) is 0 Å². The lowest BCUT2D eigenvalue weighted by molar-refractivity contribution is 0.114. The molecular weight excluding hydrogens is 224 g/mol. The highest BCUT2D eigenvalue weighted by atomic mass is 16.3. The molecule has 3 rings (SSSR count). The Balaban J connectivity index is 1.88. The topological polar surface area (TPSA) is 45.2 Å². The van der Waals surface area contributed by atoms with Gasteiger partial charge in [-0.3, -0.25) is 4.98 Å². The van der Waals surface area contributed by atoms with E-state index in [4.69, 9.17) is 0 Å². The first-order valence-corrected chi connectivity index (χ1v) is 6.61. The number of aliphatic hydroxyl groups excluding tert-OH is 1. The standard InChI is InChI=1S/C15H18N2O/c18-15(13-5-1-2-8-16-13)12-7-6-11-4-3-9-17-14(11)10-12/h3-4,6-7,9-10,13,15-16,18H,1-2,5,8H2. The lowest BCUT2D eigenvalue weighted by Crippen LogP contribution is -2.38. The molecule has 3 heteroatoms. The average molecular weight is 242 g/mol. The first kappa shape index (κ1) is 11.6. The van der Waals surface area contributed by atoms with Gasteiger partial charge >= 0.3 is 0 Å². The summed E-state index contributed by atoms with van der Waals surface area (Å²) >= 11 is 0. The molecular formula is C15H18N2O. The van der Waals surface area contributed by atoms with Gasteiger partial charge in [0, 0.05) is 17.6 Å². The molecule has 1 aromatic heterocycles. The molecule has 1 aromatic carbocycles. The summed E-state index contributed by atoms with van der Waals surface area (Å²) in [4.78, 5) is 4.34. The largest absolute Gasteiger partial charge is 0.387 e. The van der Waals surface area contributed by atoms with E-state index in [1.165, 1.54) is 12.8 Å². The smallest absolute Gasteiger partial charge is 0.0943 e. The fourth-order valence-corrected chi connectivity index (χ4v) is 2.65. The molecule has 0 bridgehead atoms. The van der Waals surface area contributed by atoms with Crippen molar-refractivity contribution in [2.45, 2.75) is 31.4 Å². The van der Waals surface area contributed by atoms with E-state index in [1.54, 1.807) is 6.20 Å². The second-order valence-corrected chi connectivity index (χ2v) is 4.96. The van der Waals surface area contributed by atoms with Crippen LogP contribution in [0.25, 0.3) is 10.9 Å². The van der Waals surface area contributed by atoms with Crippen molar-refractivity contribution in [3.05, 3.63) is 42.1 Å². The minimum Gasteiger partial charge on any atom is -0.387 e. The SMILES string of the molecule is OC(c1ccc2cccnc2c1)C1CCCCN1. The summed E-state index contributed by atoms with van der Waals surface area (Å²) in [5, 5.41) is 14.9. The lowest BCUT2D eigenvalue weighted by atomic mass is 9.94. The van der Waals surface area contributed by atoms with Crippen LogP contribution >= 0.6 is 0 Å². The first-order chi connectivity index (χ1) is 8.84. The minimum absolute atomic E-state index is 0.180. The molecule has 1 aliphatic rings. The molecule has 0 aliphatic carbocycles. The van der Waals surface area contributed by atoms with Crippen LogP contribution in [0.2, 0.25) is 0 Å². The molecule has 1 aliphatic heterocycles. The normalized spacial score (nSPS) is 21.9. The van der Waals surface area contributed by atoms with E-state index in [0.717, 1.165) is 29.4 Å². The number of benzene rings is 1. The van der Waals surface area contributed by atoms with E-state index >= 15 is 0 Å². The lowest BCUT2D eigenvalue weighted by Gasteiger charge is -2.28. The molecule has 0 spiro atoms. The minimum atomic E-state index is -0.434. The molecule has 0 saturated carbocycles. The van der Waals surface area contributed by atoms with Gasteiger partial charge in [0.25, 0.3) is 0 Å². The first-order valence-electron chi connectivity index (χ1n) is 6.61. The Kier molecular flexibility index (Phi) is 3.26. The second kappa shape index (κ2) is 5.04. The summed E-state index contributed by atoms with van der Waals surface area (Å²) < 4.78 is 0. The zero-order chi connectivity index (χ0) is 12.4. The number of hydrogen-bond acceptors (Lipinski definition) is 3. The molecule has 1 fully saturated rings. The number of piperidine rings is 1. The highest BCUT2D eigenvalue weighted by molar-refractivity contribution is 5.78. The van der Waals surface area contributed by atoms with Crippen molar-refractivity contribution >= 4 is 10.9 Å². The van der Waals surface area contributed by atoms with Crippen molar-refractivity contribution in [3.63, 3.8) is 0 Å². The Hall–Kier alpha value is -1.45. The molecule has 3 nitrogen and oxygen atoms in total. The van der Waals surface area contributed by atoms with Crippen molar-refractivity contribution in [1.29, 1.82) is 0 Å². The van der Waals surface area contributed by atoms with Crippen molar-refractivity contribution in [1.82, 2.24) is 10.3 Å². The van der Waals surface area contributed by atoms with Crippen molar-refractivity contribution in [2.75, 3.05) is 6.54 Å². The van der Waals surface area contributed by atoms with Crippen molar-refractivity contribution in [2.24, 2.45) is 0 Å². The Morgan fingerprint density at radius 2 is 2.22 bits per heavy atom. The summed E-state index contributed by atoms with van der Waals surface area (Å²) in [6.45, 7) is 1.01. The van der Waals surface area contributed by atoms with Crippen LogP contribution in [0.3, 0.4) is 0 Å². The van der Waals surface area contributed by atoms with Gasteiger partial charge in [-0.1, -0.05) is 24.6 Å². The Morgan fingerprint density at radius 1 is 1.28 bits per heavy atom. The van der Waals surface area contributed by atoms with Gasteiger partial charge in [-0.05, 0) is 37.1 Å². The molecule has 0 amide bonds. The van der Waals surface area contributed by atoms with E-state index in [9.17, 15) is 5.11 Å². The molecule has 18 heavy (non-hydrogen) atoms. The van der Waals surface area contributed by atoms with Crippen LogP contribution in [0.4, 0.5) is 0 Å². The van der Waals surface area contributed by atoms with Crippen LogP contribution in [0.15, 0.2) is 36.5 Å². The maximum Gasteiger partial charge on any atom is 0.0943 e. The van der Waals surface area contributed by atoms with Crippen LogP contribution in [0, 0.1) is 0 Å². The van der Waals surface area contributed by atoms with Crippen LogP contribution < -0.4 is 5.32 Å². The fraction of sp³-hybridized carbons (Fsp3) is 0.400. The molecule has 2 N–H and O–H groups in total. The van der Waals surface area contributed by atoms with Crippen LogP contribution in [0.5, 0.6) is 0 Å². The predicted octanol–water partition coefficient (Wildman–Crippen LogP) is 2.41. The predicted molar refractivity (Wildman–Crippen MR) is 72.3 cm³/mol. The number of aliphatic hydroxyl groups is 1. The third-order valence-electron chi connectivity index (χ3n) is 3.70. The molecule has 2 aromatic rings. The maximum absolute atomic E-state index is 10.4. The Morgan fingerprint density at radius 3 is 3.06 bits per heavy atom. The van der Waals surface area contributed by atoms with Gasteiger partial charge < -0.3 is 10.4 Å². The molecule has 1 saturated heterocycles. The third-order valence-corrected chi connectivity index (χ3v) is 3.70. The van der Waals surface area contributed by atoms with Gasteiger partial charge in [-0.25, -0.2) is 0 Å². The van der Waals surface area contributed by atoms with Crippen molar-refractivity contribution in [3.8, 4) is 0 Å². The summed E-state index contributed by atoms with van der Waals surface area (Å²) in [6.07, 6.45) is 4.80. The number of rotatable bonds is 2. The van der Waals surface area contributed by atoms with E-state index in [1.807, 2.05) is 30.3 Å². The fourth-order valence-electron chi connectivity index (χ4n) is 2.65. The summed E-state index contributed by atoms with van der Waals surface area (Å²) in [5.74, 6) is 0. The number of nitrogens with one attached hydrogen (secondary N) is 1. The number of aromatic nitrogens is 1. The van der Waals surface area contributed by atoms with E-state index in [-0.39, 0.29) is 6.04 Å². The number of pyridine rings is 1. The van der Waals surface area contributed by atoms with E-state index in [2.05, 4.69) is 10.3 Å². The van der Waals surface area contributed by atoms with E-state index < -0.39 is 6.10 Å². The highest BCUT2D eigenvalue weighted by Gasteiger charge is 2.22. The second-order valence-electron chi connectivity index (χ2n) is 4.96. The Labute approximate surface area is 107 Å². The van der Waals surface area contributed by atoms with Crippen LogP contribution in [0.1, 0.15) is 30.9 Å². The monoisotopic (exact) mass is 242 g/mol. The maximum atomic E-state index is 10.4. The molecule has 2 unspecified atom stereocenters. The molecule has 2 atom stereocenters. The third kappa shape index (κ3) is 2.24. The van der Waals surface area contributed by atoms with Gasteiger partial charge in [-0.2, -0.15) is 0 Å². The number of nitrogens with zero attached hydrogens (tertiary/aromatic N) is 1. The zero-order valence-corrected chi connectivity index (χ0v) is 10.3. The van der Waals surface area contributed by atoms with Gasteiger partial charge in [0.05, 0.1) is 11.6 Å². The number of fused-ring (bicyclic) bond motifs is 1. The van der Waals surface area contributed by atoms with Crippen LogP contribution in [-0.4, -0.2) is 22.7 Å². The van der Waals surface area contributed by atoms with Crippen molar-refractivity contribution < 1.29 is 5.11 Å². The number of hydrogen-bond donors (Lipinski definition) is 2.